The van der Waals surface area contributed by atoms with Crippen LogP contribution in [-0.2, 0) is 19.6 Å². The largest absolute Gasteiger partial charge is 0.465 e. The second kappa shape index (κ2) is 8.81. The average Bonchev–Trinajstić information content (AvgIpc) is 2.63. The molecule has 0 unspecified atom stereocenters. The first-order valence-corrected chi connectivity index (χ1v) is 10.6. The third kappa shape index (κ3) is 4.95. The number of halogens is 2. The number of amides is 1. The molecule has 1 atom stereocenters. The summed E-state index contributed by atoms with van der Waals surface area (Å²) < 4.78 is 30.3. The molecular formula is C18H18Cl2N2O5S. The van der Waals surface area contributed by atoms with E-state index in [4.69, 9.17) is 27.9 Å². The van der Waals surface area contributed by atoms with Crippen molar-refractivity contribution in [2.45, 2.75) is 13.0 Å². The number of para-hydroxylation sites is 1. The summed E-state index contributed by atoms with van der Waals surface area (Å²) in [6.45, 7) is 1.42. The van der Waals surface area contributed by atoms with Gasteiger partial charge in [0.25, 0.3) is 0 Å². The fourth-order valence-corrected chi connectivity index (χ4v) is 4.01. The van der Waals surface area contributed by atoms with Crippen molar-refractivity contribution < 1.29 is 22.7 Å². The number of nitrogens with zero attached hydrogens (tertiary/aromatic N) is 1. The summed E-state index contributed by atoms with van der Waals surface area (Å²) in [5.41, 5.74) is 0.528. The van der Waals surface area contributed by atoms with Gasteiger partial charge in [0.05, 0.1) is 40.3 Å². The van der Waals surface area contributed by atoms with Crippen LogP contribution in [0, 0.1) is 0 Å². The van der Waals surface area contributed by atoms with Crippen molar-refractivity contribution in [3.05, 3.63) is 58.1 Å². The van der Waals surface area contributed by atoms with Gasteiger partial charge in [0.15, 0.2) is 0 Å². The predicted octanol–water partition coefficient (Wildman–Crippen LogP) is 3.57. The first kappa shape index (κ1) is 22.0. The van der Waals surface area contributed by atoms with Crippen LogP contribution in [0.2, 0.25) is 10.0 Å². The van der Waals surface area contributed by atoms with Crippen LogP contribution in [0.1, 0.15) is 17.3 Å². The Hall–Kier alpha value is -2.29. The molecule has 10 heteroatoms. The summed E-state index contributed by atoms with van der Waals surface area (Å²) in [6, 6.07) is 9.34. The summed E-state index contributed by atoms with van der Waals surface area (Å²) in [5.74, 6) is -1.28. The SMILES string of the molecule is COC(=O)c1ccccc1NC(=O)[C@H](C)N(c1ccc(Cl)c(Cl)c1)S(C)(=O)=O. The van der Waals surface area contributed by atoms with Crippen molar-refractivity contribution in [3.8, 4) is 0 Å². The van der Waals surface area contributed by atoms with Crippen LogP contribution in [0.4, 0.5) is 11.4 Å². The minimum atomic E-state index is -3.84. The number of sulfonamides is 1. The van der Waals surface area contributed by atoms with Crippen molar-refractivity contribution in [2.75, 3.05) is 23.0 Å². The molecule has 1 amide bonds. The Morgan fingerprint density at radius 3 is 2.32 bits per heavy atom. The summed E-state index contributed by atoms with van der Waals surface area (Å²) in [6.07, 6.45) is 0.974. The molecule has 150 valence electrons. The number of methoxy groups -OCH3 is 1. The normalized spacial score (nSPS) is 12.2. The molecule has 0 aromatic heterocycles. The predicted molar refractivity (Wildman–Crippen MR) is 110 cm³/mol. The third-order valence-corrected chi connectivity index (χ3v) is 5.82. The molecule has 0 fully saturated rings. The Morgan fingerprint density at radius 1 is 1.11 bits per heavy atom. The molecule has 0 heterocycles. The number of ether oxygens (including phenoxy) is 1. The van der Waals surface area contributed by atoms with E-state index in [2.05, 4.69) is 5.32 Å². The van der Waals surface area contributed by atoms with E-state index in [0.29, 0.717) is 0 Å². The van der Waals surface area contributed by atoms with Crippen molar-refractivity contribution in [1.82, 2.24) is 0 Å². The van der Waals surface area contributed by atoms with Crippen LogP contribution in [0.15, 0.2) is 42.5 Å². The Labute approximate surface area is 173 Å². The Morgan fingerprint density at radius 2 is 1.75 bits per heavy atom. The maximum atomic E-state index is 12.8. The van der Waals surface area contributed by atoms with Crippen LogP contribution in [0.5, 0.6) is 0 Å². The first-order chi connectivity index (χ1) is 13.1. The quantitative estimate of drug-likeness (QED) is 0.687. The van der Waals surface area contributed by atoms with E-state index in [1.807, 2.05) is 0 Å². The lowest BCUT2D eigenvalue weighted by atomic mass is 10.1. The maximum Gasteiger partial charge on any atom is 0.339 e. The zero-order valence-corrected chi connectivity index (χ0v) is 17.6. The van der Waals surface area contributed by atoms with E-state index in [1.165, 1.54) is 44.4 Å². The Kier molecular flexibility index (Phi) is 6.92. The number of nitrogens with one attached hydrogen (secondary N) is 1. The second-order valence-electron chi connectivity index (χ2n) is 5.86. The highest BCUT2D eigenvalue weighted by Crippen LogP contribution is 2.30. The van der Waals surface area contributed by atoms with Crippen LogP contribution in [-0.4, -0.2) is 39.7 Å². The minimum Gasteiger partial charge on any atom is -0.465 e. The van der Waals surface area contributed by atoms with Crippen LogP contribution in [0.25, 0.3) is 0 Å². The molecule has 7 nitrogen and oxygen atoms in total. The zero-order chi connectivity index (χ0) is 21.1. The van der Waals surface area contributed by atoms with E-state index in [-0.39, 0.29) is 27.0 Å². The number of rotatable bonds is 6. The molecule has 0 saturated heterocycles. The smallest absolute Gasteiger partial charge is 0.339 e. The monoisotopic (exact) mass is 444 g/mol. The molecule has 1 N–H and O–H groups in total. The maximum absolute atomic E-state index is 12.8. The van der Waals surface area contributed by atoms with E-state index >= 15 is 0 Å². The average molecular weight is 445 g/mol. The highest BCUT2D eigenvalue weighted by molar-refractivity contribution is 7.92. The molecule has 0 radical (unpaired) electrons. The summed E-state index contributed by atoms with van der Waals surface area (Å²) >= 11 is 11.9. The van der Waals surface area contributed by atoms with Gasteiger partial charge in [-0.2, -0.15) is 0 Å². The number of carbonyl (C=O) groups excluding carboxylic acids is 2. The fourth-order valence-electron chi connectivity index (χ4n) is 2.55. The van der Waals surface area contributed by atoms with Gasteiger partial charge in [0.2, 0.25) is 15.9 Å². The second-order valence-corrected chi connectivity index (χ2v) is 8.53. The lowest BCUT2D eigenvalue weighted by Crippen LogP contribution is -2.45. The van der Waals surface area contributed by atoms with Crippen LogP contribution in [0.3, 0.4) is 0 Å². The Bertz CT molecular complexity index is 1010. The van der Waals surface area contributed by atoms with Crippen molar-refractivity contribution in [1.29, 1.82) is 0 Å². The molecular weight excluding hydrogens is 427 g/mol. The van der Waals surface area contributed by atoms with Crippen molar-refractivity contribution in [3.63, 3.8) is 0 Å². The lowest BCUT2D eigenvalue weighted by Gasteiger charge is -2.28. The zero-order valence-electron chi connectivity index (χ0n) is 15.3. The molecule has 2 aromatic carbocycles. The molecule has 0 spiro atoms. The molecule has 0 saturated carbocycles. The highest BCUT2D eigenvalue weighted by atomic mass is 35.5. The molecule has 0 aliphatic carbocycles. The molecule has 28 heavy (non-hydrogen) atoms. The standard InChI is InChI=1S/C18H18Cl2N2O5S/c1-11(17(23)21-16-7-5-4-6-13(16)18(24)27-2)22(28(3,25)26)12-8-9-14(19)15(20)10-12/h4-11H,1-3H3,(H,21,23)/t11-/m0/s1. The first-order valence-electron chi connectivity index (χ1n) is 7.99. The van der Waals surface area contributed by atoms with Crippen LogP contribution < -0.4 is 9.62 Å². The molecule has 0 aliphatic heterocycles. The molecule has 2 rings (SSSR count). The number of hydrogen-bond acceptors (Lipinski definition) is 5. The molecule has 2 aromatic rings. The van der Waals surface area contributed by atoms with E-state index in [9.17, 15) is 18.0 Å². The number of hydrogen-bond donors (Lipinski definition) is 1. The topological polar surface area (TPSA) is 92.8 Å². The van der Waals surface area contributed by atoms with E-state index < -0.39 is 27.9 Å². The number of benzene rings is 2. The summed E-state index contributed by atoms with van der Waals surface area (Å²) in [4.78, 5) is 24.6. The summed E-state index contributed by atoms with van der Waals surface area (Å²) in [7, 11) is -2.61. The van der Waals surface area contributed by atoms with Gasteiger partial charge in [-0.05, 0) is 37.3 Å². The van der Waals surface area contributed by atoms with Crippen molar-refractivity contribution >= 4 is 56.5 Å². The Balaban J connectivity index is 2.38. The molecule has 0 aliphatic rings. The van der Waals surface area contributed by atoms with E-state index in [1.54, 1.807) is 12.1 Å². The van der Waals surface area contributed by atoms with Gasteiger partial charge in [-0.25, -0.2) is 13.2 Å². The van der Waals surface area contributed by atoms with Gasteiger partial charge in [0, 0.05) is 0 Å². The lowest BCUT2D eigenvalue weighted by molar-refractivity contribution is -0.116. The van der Waals surface area contributed by atoms with Gasteiger partial charge < -0.3 is 10.1 Å². The number of anilines is 2. The molecule has 0 bridgehead atoms. The fraction of sp³-hybridized carbons (Fsp3) is 0.222. The summed E-state index contributed by atoms with van der Waals surface area (Å²) in [5, 5.41) is 2.97. The number of carbonyl (C=O) groups is 2. The third-order valence-electron chi connectivity index (χ3n) is 3.84. The van der Waals surface area contributed by atoms with E-state index in [0.717, 1.165) is 10.6 Å². The van der Waals surface area contributed by atoms with Crippen LogP contribution >= 0.6 is 23.2 Å². The van der Waals surface area contributed by atoms with Gasteiger partial charge in [0.1, 0.15) is 6.04 Å². The van der Waals surface area contributed by atoms with Gasteiger partial charge in [-0.15, -0.1) is 0 Å². The minimum absolute atomic E-state index is 0.144. The van der Waals surface area contributed by atoms with Gasteiger partial charge >= 0.3 is 5.97 Å². The highest BCUT2D eigenvalue weighted by Gasteiger charge is 2.30. The van der Waals surface area contributed by atoms with Gasteiger partial charge in [-0.1, -0.05) is 35.3 Å². The van der Waals surface area contributed by atoms with Crippen molar-refractivity contribution in [2.24, 2.45) is 0 Å². The van der Waals surface area contributed by atoms with Gasteiger partial charge in [-0.3, -0.25) is 9.10 Å². The number of esters is 1.